The van der Waals surface area contributed by atoms with Crippen molar-refractivity contribution in [2.45, 2.75) is 16.8 Å². The van der Waals surface area contributed by atoms with E-state index >= 15 is 0 Å². The highest BCUT2D eigenvalue weighted by Crippen LogP contribution is 2.34. The van der Waals surface area contributed by atoms with E-state index in [0.29, 0.717) is 17.4 Å². The lowest BCUT2D eigenvalue weighted by atomic mass is 10.4. The van der Waals surface area contributed by atoms with E-state index in [1.807, 2.05) is 31.2 Å². The fourth-order valence-corrected chi connectivity index (χ4v) is 2.95. The summed E-state index contributed by atoms with van der Waals surface area (Å²) in [5.41, 5.74) is 0.0329. The van der Waals surface area contributed by atoms with Gasteiger partial charge in [-0.2, -0.15) is 0 Å². The molecule has 1 heterocycles. The van der Waals surface area contributed by atoms with E-state index in [4.69, 9.17) is 0 Å². The monoisotopic (exact) mass is 353 g/mol. The zero-order valence-electron chi connectivity index (χ0n) is 10.7. The van der Waals surface area contributed by atoms with E-state index in [9.17, 15) is 10.1 Å². The van der Waals surface area contributed by atoms with Crippen LogP contribution in [0.5, 0.6) is 0 Å². The smallest absolute Gasteiger partial charge is 0.275 e. The molecule has 2 aromatic rings. The van der Waals surface area contributed by atoms with Crippen molar-refractivity contribution in [1.82, 2.24) is 4.98 Å². The molecule has 104 valence electrons. The first-order valence-electron chi connectivity index (χ1n) is 5.93. The van der Waals surface area contributed by atoms with Crippen LogP contribution in [0, 0.1) is 10.1 Å². The second-order valence-electron chi connectivity index (χ2n) is 3.87. The second kappa shape index (κ2) is 6.71. The van der Waals surface area contributed by atoms with E-state index in [0.717, 1.165) is 9.37 Å². The Kier molecular flexibility index (Phi) is 4.97. The van der Waals surface area contributed by atoms with E-state index in [1.54, 1.807) is 0 Å². The molecular formula is C13H12BrN3O2S. The van der Waals surface area contributed by atoms with Gasteiger partial charge < -0.3 is 5.32 Å². The summed E-state index contributed by atoms with van der Waals surface area (Å²) in [5, 5.41) is 14.5. The molecular weight excluding hydrogens is 342 g/mol. The van der Waals surface area contributed by atoms with Gasteiger partial charge in [-0.3, -0.25) is 10.1 Å². The fourth-order valence-electron chi connectivity index (χ4n) is 1.56. The van der Waals surface area contributed by atoms with Gasteiger partial charge in [-0.15, -0.1) is 0 Å². The molecule has 0 atom stereocenters. The molecule has 0 radical (unpaired) electrons. The summed E-state index contributed by atoms with van der Waals surface area (Å²) in [6, 6.07) is 10.6. The van der Waals surface area contributed by atoms with Gasteiger partial charge in [0.2, 0.25) is 0 Å². The number of nitro groups is 1. The molecule has 0 spiro atoms. The van der Waals surface area contributed by atoms with Gasteiger partial charge in [-0.05, 0) is 35.0 Å². The molecule has 0 unspecified atom stereocenters. The van der Waals surface area contributed by atoms with Crippen LogP contribution in [0.25, 0.3) is 0 Å². The second-order valence-corrected chi connectivity index (χ2v) is 5.79. The minimum Gasteiger partial charge on any atom is -0.370 e. The van der Waals surface area contributed by atoms with Crippen molar-refractivity contribution in [2.24, 2.45) is 0 Å². The summed E-state index contributed by atoms with van der Waals surface area (Å²) >= 11 is 4.84. The molecule has 1 aromatic heterocycles. The van der Waals surface area contributed by atoms with Crippen LogP contribution in [0.15, 0.2) is 50.8 Å². The SMILES string of the molecule is CCNc1cc([N+](=O)[O-])cc(Sc2ccccc2Br)n1. The van der Waals surface area contributed by atoms with Crippen LogP contribution >= 0.6 is 27.7 Å². The number of rotatable bonds is 5. The molecule has 0 saturated heterocycles. The van der Waals surface area contributed by atoms with Crippen LogP contribution in [-0.2, 0) is 0 Å². The molecule has 1 aromatic carbocycles. The third-order valence-electron chi connectivity index (χ3n) is 2.41. The van der Waals surface area contributed by atoms with Gasteiger partial charge in [0.25, 0.3) is 5.69 Å². The number of nitrogens with zero attached hydrogens (tertiary/aromatic N) is 2. The molecule has 0 aliphatic heterocycles. The largest absolute Gasteiger partial charge is 0.370 e. The van der Waals surface area contributed by atoms with E-state index < -0.39 is 4.92 Å². The lowest BCUT2D eigenvalue weighted by Gasteiger charge is -2.07. The Bertz CT molecular complexity index is 637. The van der Waals surface area contributed by atoms with Crippen LogP contribution < -0.4 is 5.32 Å². The van der Waals surface area contributed by atoms with Gasteiger partial charge in [0, 0.05) is 22.0 Å². The molecule has 7 heteroatoms. The van der Waals surface area contributed by atoms with Gasteiger partial charge in [-0.25, -0.2) is 4.98 Å². The molecule has 2 rings (SSSR count). The highest BCUT2D eigenvalue weighted by molar-refractivity contribution is 9.10. The first-order valence-corrected chi connectivity index (χ1v) is 7.54. The highest BCUT2D eigenvalue weighted by Gasteiger charge is 2.12. The first kappa shape index (κ1) is 14.8. The molecule has 5 nitrogen and oxygen atoms in total. The summed E-state index contributed by atoms with van der Waals surface area (Å²) in [6.45, 7) is 2.58. The lowest BCUT2D eigenvalue weighted by Crippen LogP contribution is -2.01. The Labute approximate surface area is 129 Å². The summed E-state index contributed by atoms with van der Waals surface area (Å²) in [5.74, 6) is 0.510. The normalized spacial score (nSPS) is 10.3. The number of hydrogen-bond donors (Lipinski definition) is 1. The van der Waals surface area contributed by atoms with Gasteiger partial charge >= 0.3 is 0 Å². The molecule has 0 bridgehead atoms. The molecule has 0 aliphatic carbocycles. The number of benzene rings is 1. The lowest BCUT2D eigenvalue weighted by molar-refractivity contribution is -0.385. The van der Waals surface area contributed by atoms with E-state index in [2.05, 4.69) is 26.2 Å². The Morgan fingerprint density at radius 3 is 2.80 bits per heavy atom. The van der Waals surface area contributed by atoms with Crippen molar-refractivity contribution >= 4 is 39.2 Å². The highest BCUT2D eigenvalue weighted by atomic mass is 79.9. The standard InChI is InChI=1S/C13H12BrN3O2S/c1-2-15-12-7-9(17(18)19)8-13(16-12)20-11-6-4-3-5-10(11)14/h3-8H,2H2,1H3,(H,15,16). The van der Waals surface area contributed by atoms with Gasteiger partial charge in [0.1, 0.15) is 10.8 Å². The van der Waals surface area contributed by atoms with Crippen LogP contribution in [0.4, 0.5) is 11.5 Å². The van der Waals surface area contributed by atoms with Crippen LogP contribution in [0.1, 0.15) is 6.92 Å². The first-order chi connectivity index (χ1) is 9.60. The average molecular weight is 354 g/mol. The average Bonchev–Trinajstić information content (AvgIpc) is 2.41. The number of nitrogens with one attached hydrogen (secondary N) is 1. The molecule has 0 amide bonds. The van der Waals surface area contributed by atoms with Crippen LogP contribution in [0.3, 0.4) is 0 Å². The molecule has 1 N–H and O–H groups in total. The summed E-state index contributed by atoms with van der Waals surface area (Å²) in [7, 11) is 0. The molecule has 0 saturated carbocycles. The zero-order chi connectivity index (χ0) is 14.5. The minimum absolute atomic E-state index is 0.0329. The van der Waals surface area contributed by atoms with Crippen molar-refractivity contribution in [3.05, 3.63) is 51.0 Å². The van der Waals surface area contributed by atoms with Gasteiger partial charge in [-0.1, -0.05) is 23.9 Å². The number of pyridine rings is 1. The van der Waals surface area contributed by atoms with Crippen molar-refractivity contribution in [3.8, 4) is 0 Å². The number of anilines is 1. The maximum atomic E-state index is 11.0. The van der Waals surface area contributed by atoms with Gasteiger partial charge in [0.15, 0.2) is 0 Å². The van der Waals surface area contributed by atoms with Crippen molar-refractivity contribution in [1.29, 1.82) is 0 Å². The summed E-state index contributed by atoms with van der Waals surface area (Å²) in [6.07, 6.45) is 0. The third-order valence-corrected chi connectivity index (χ3v) is 4.35. The van der Waals surface area contributed by atoms with E-state index in [-0.39, 0.29) is 5.69 Å². The Hall–Kier alpha value is -1.60. The Morgan fingerprint density at radius 2 is 2.15 bits per heavy atom. The topological polar surface area (TPSA) is 68.1 Å². The van der Waals surface area contributed by atoms with E-state index in [1.165, 1.54) is 23.9 Å². The Morgan fingerprint density at radius 1 is 1.40 bits per heavy atom. The quantitative estimate of drug-likeness (QED) is 0.639. The number of hydrogen-bond acceptors (Lipinski definition) is 5. The number of halogens is 1. The van der Waals surface area contributed by atoms with Crippen molar-refractivity contribution in [3.63, 3.8) is 0 Å². The molecule has 0 aliphatic rings. The predicted octanol–water partition coefficient (Wildman–Crippen LogP) is 4.34. The maximum Gasteiger partial charge on any atom is 0.275 e. The van der Waals surface area contributed by atoms with Crippen molar-refractivity contribution in [2.75, 3.05) is 11.9 Å². The predicted molar refractivity (Wildman–Crippen MR) is 83.3 cm³/mol. The summed E-state index contributed by atoms with van der Waals surface area (Å²) < 4.78 is 0.934. The van der Waals surface area contributed by atoms with Crippen LogP contribution in [0.2, 0.25) is 0 Å². The van der Waals surface area contributed by atoms with Gasteiger partial charge in [0.05, 0.1) is 11.0 Å². The van der Waals surface area contributed by atoms with Crippen molar-refractivity contribution < 1.29 is 4.92 Å². The minimum atomic E-state index is -0.410. The maximum absolute atomic E-state index is 11.0. The fraction of sp³-hybridized carbons (Fsp3) is 0.154. The Balaban J connectivity index is 2.35. The molecule has 0 fully saturated rings. The zero-order valence-corrected chi connectivity index (χ0v) is 13.1. The van der Waals surface area contributed by atoms with Crippen LogP contribution in [-0.4, -0.2) is 16.5 Å². The molecule has 20 heavy (non-hydrogen) atoms. The third kappa shape index (κ3) is 3.71. The summed E-state index contributed by atoms with van der Waals surface area (Å²) in [4.78, 5) is 15.9. The number of aromatic nitrogens is 1.